The Hall–Kier alpha value is -0.436. The van der Waals surface area contributed by atoms with E-state index >= 15 is 0 Å². The average Bonchev–Trinajstić information content (AvgIpc) is 2.54. The fourth-order valence-electron chi connectivity index (χ4n) is 2.35. The van der Waals surface area contributed by atoms with Crippen molar-refractivity contribution >= 4 is 44.0 Å². The van der Waals surface area contributed by atoms with Crippen molar-refractivity contribution in [3.05, 3.63) is 52.8 Å². The van der Waals surface area contributed by atoms with Crippen LogP contribution in [0.15, 0.2) is 35.3 Å². The topological polar surface area (TPSA) is 32.6 Å². The number of hydrogen-bond donors (Lipinski definition) is 1. The molecule has 1 unspecified atom stereocenters. The van der Waals surface area contributed by atoms with Gasteiger partial charge in [0.2, 0.25) is 0 Å². The molecule has 1 atom stereocenters. The molecule has 2 nitrogen and oxygen atoms in total. The molecule has 0 aromatic heterocycles. The van der Waals surface area contributed by atoms with E-state index < -0.39 is 17.0 Å². The van der Waals surface area contributed by atoms with Crippen molar-refractivity contribution < 1.29 is 26.5 Å². The van der Waals surface area contributed by atoms with Crippen LogP contribution in [0.5, 0.6) is 5.75 Å². The van der Waals surface area contributed by atoms with Crippen LogP contribution < -0.4 is 10.6 Å². The first-order chi connectivity index (χ1) is 12.1. The molecule has 0 fully saturated rings. The molecule has 0 radical (unpaired) electrons. The summed E-state index contributed by atoms with van der Waals surface area (Å²) in [5.41, 5.74) is 2.81. The fraction of sp³-hybridized carbons (Fsp3) is 0.316. The van der Waals surface area contributed by atoms with Gasteiger partial charge in [0, 0.05) is 24.1 Å². The third-order valence-corrected chi connectivity index (χ3v) is 5.09. The molecule has 0 saturated heterocycles. The first kappa shape index (κ1) is 23.6. The summed E-state index contributed by atoms with van der Waals surface area (Å²) in [4.78, 5) is 4.00. The van der Waals surface area contributed by atoms with E-state index in [-0.39, 0.29) is 19.8 Å². The number of benzene rings is 2. The standard InChI is InChI=1S/C19H23FNOP.2ClH.Ti/c1-12-8-14(19(2,3)4)10-17(18(12)22)23-16-7-6-15(20)9-13(16)11-21-5;;;/h6-11,22-23H,1-5H3;2*1H;/q;;;+2/p-2. The van der Waals surface area contributed by atoms with Crippen LogP contribution in [0.3, 0.4) is 0 Å². The first-order valence-corrected chi connectivity index (χ1v) is 13.2. The summed E-state index contributed by atoms with van der Waals surface area (Å²) in [6, 6.07) is 8.78. The number of rotatable bonds is 3. The van der Waals surface area contributed by atoms with Crippen LogP contribution >= 0.6 is 27.2 Å². The number of hydrogen-bond acceptors (Lipinski definition) is 2. The minimum absolute atomic E-state index is 0.00813. The van der Waals surface area contributed by atoms with Gasteiger partial charge in [0.05, 0.1) is 0 Å². The van der Waals surface area contributed by atoms with Crippen molar-refractivity contribution in [1.29, 1.82) is 0 Å². The summed E-state index contributed by atoms with van der Waals surface area (Å²) >= 11 is -0.556. The predicted octanol–water partition coefficient (Wildman–Crippen LogP) is 5.19. The van der Waals surface area contributed by atoms with E-state index in [4.69, 9.17) is 18.6 Å². The normalized spacial score (nSPS) is 11.7. The third kappa shape index (κ3) is 6.94. The number of aromatic hydroxyl groups is 1. The number of nitrogens with zero attached hydrogens (tertiary/aromatic N) is 1. The second kappa shape index (κ2) is 10.8. The summed E-state index contributed by atoms with van der Waals surface area (Å²) in [6.45, 7) is 8.37. The number of phenols is 1. The molecule has 0 amide bonds. The van der Waals surface area contributed by atoms with Crippen molar-refractivity contribution in [1.82, 2.24) is 0 Å². The van der Waals surface area contributed by atoms with Gasteiger partial charge in [0.15, 0.2) is 0 Å². The Morgan fingerprint density at radius 3 is 2.31 bits per heavy atom. The van der Waals surface area contributed by atoms with Crippen molar-refractivity contribution in [2.75, 3.05) is 7.05 Å². The van der Waals surface area contributed by atoms with Gasteiger partial charge in [-0.3, -0.25) is 4.99 Å². The maximum atomic E-state index is 13.5. The number of aryl methyl sites for hydroxylation is 1. The van der Waals surface area contributed by atoms with E-state index in [0.717, 1.165) is 21.7 Å². The molecule has 7 heteroatoms. The second-order valence-corrected chi connectivity index (χ2v) is 10.7. The molecule has 0 bridgehead atoms. The second-order valence-electron chi connectivity index (χ2n) is 6.75. The molecule has 0 spiro atoms. The predicted molar refractivity (Wildman–Crippen MR) is 111 cm³/mol. The molecular weight excluding hydrogens is 427 g/mol. The molecule has 2 rings (SSSR count). The Labute approximate surface area is 173 Å². The molecule has 2 aromatic carbocycles. The quantitative estimate of drug-likeness (QED) is 0.390. The Morgan fingerprint density at radius 1 is 1.15 bits per heavy atom. The van der Waals surface area contributed by atoms with Crippen molar-refractivity contribution in [2.45, 2.75) is 33.1 Å². The van der Waals surface area contributed by atoms with E-state index in [1.54, 1.807) is 19.3 Å². The van der Waals surface area contributed by atoms with E-state index in [9.17, 15) is 9.50 Å². The Kier molecular flexibility index (Phi) is 9.79. The summed E-state index contributed by atoms with van der Waals surface area (Å²) < 4.78 is 13.5. The van der Waals surface area contributed by atoms with Crippen LogP contribution in [0, 0.1) is 12.7 Å². The molecule has 2 aromatic rings. The molecule has 0 heterocycles. The number of aliphatic imine (C=N–C) groups is 1. The zero-order valence-electron chi connectivity index (χ0n) is 15.5. The van der Waals surface area contributed by atoms with Crippen LogP contribution in [0.2, 0.25) is 0 Å². The van der Waals surface area contributed by atoms with Gasteiger partial charge in [-0.1, -0.05) is 41.5 Å². The molecule has 0 aliphatic heterocycles. The number of halogens is 3. The van der Waals surface area contributed by atoms with Crippen molar-refractivity contribution in [2.24, 2.45) is 4.99 Å². The van der Waals surface area contributed by atoms with Gasteiger partial charge in [-0.2, -0.15) is 0 Å². The summed E-state index contributed by atoms with van der Waals surface area (Å²) in [7, 11) is 11.7. The van der Waals surface area contributed by atoms with Crippen LogP contribution in [-0.2, 0) is 22.4 Å². The summed E-state index contributed by atoms with van der Waals surface area (Å²) in [5.74, 6) is 0.0392. The van der Waals surface area contributed by atoms with Gasteiger partial charge < -0.3 is 5.11 Å². The van der Waals surface area contributed by atoms with Gasteiger partial charge in [0.25, 0.3) is 0 Å². The fourth-order valence-corrected chi connectivity index (χ4v) is 3.63. The number of phenolic OH excluding ortho intramolecular Hbond substituents is 1. The van der Waals surface area contributed by atoms with Crippen molar-refractivity contribution in [3.8, 4) is 5.75 Å². The van der Waals surface area contributed by atoms with Gasteiger partial charge in [0.1, 0.15) is 11.6 Å². The van der Waals surface area contributed by atoms with E-state index in [0.29, 0.717) is 5.75 Å². The molecule has 140 valence electrons. The SMILES string of the molecule is CN=Cc1cc(F)ccc1Pc1cc(C(C)(C)C)cc(C)c1O.[Cl][Ti][Cl]. The first-order valence-electron chi connectivity index (χ1n) is 7.93. The van der Waals surface area contributed by atoms with E-state index in [1.807, 2.05) is 13.0 Å². The van der Waals surface area contributed by atoms with Crippen LogP contribution in [0.25, 0.3) is 0 Å². The van der Waals surface area contributed by atoms with Crippen LogP contribution in [-0.4, -0.2) is 18.4 Å². The van der Waals surface area contributed by atoms with Crippen LogP contribution in [0.1, 0.15) is 37.5 Å². The maximum absolute atomic E-state index is 13.5. The zero-order chi connectivity index (χ0) is 19.9. The van der Waals surface area contributed by atoms with Crippen molar-refractivity contribution in [3.63, 3.8) is 0 Å². The molecule has 0 aliphatic rings. The molecule has 0 aliphatic carbocycles. The van der Waals surface area contributed by atoms with E-state index in [1.165, 1.54) is 17.7 Å². The minimum atomic E-state index is -0.556. The molecule has 1 N–H and O–H groups in total. The Morgan fingerprint density at radius 2 is 1.77 bits per heavy atom. The monoisotopic (exact) mass is 449 g/mol. The van der Waals surface area contributed by atoms with Gasteiger partial charge in [-0.05, 0) is 47.0 Å². The average molecular weight is 450 g/mol. The molecular formula is C19H23Cl2FNOPTi. The Bertz CT molecular complexity index is 779. The van der Waals surface area contributed by atoms with Gasteiger partial charge in [-0.15, -0.1) is 0 Å². The van der Waals surface area contributed by atoms with Gasteiger partial charge in [-0.25, -0.2) is 4.39 Å². The van der Waals surface area contributed by atoms with Crippen LogP contribution in [0.4, 0.5) is 4.39 Å². The zero-order valence-corrected chi connectivity index (χ0v) is 19.6. The molecule has 26 heavy (non-hydrogen) atoms. The van der Waals surface area contributed by atoms with E-state index in [2.05, 4.69) is 31.8 Å². The summed E-state index contributed by atoms with van der Waals surface area (Å²) in [6.07, 6.45) is 1.66. The molecule has 0 saturated carbocycles. The summed E-state index contributed by atoms with van der Waals surface area (Å²) in [5, 5.41) is 12.3. The van der Waals surface area contributed by atoms with Gasteiger partial charge >= 0.3 is 35.6 Å². The Balaban J connectivity index is 0.00000105. The third-order valence-electron chi connectivity index (χ3n) is 3.72.